The van der Waals surface area contributed by atoms with E-state index >= 15 is 0 Å². The van der Waals surface area contributed by atoms with Crippen molar-refractivity contribution in [1.29, 1.82) is 0 Å². The Kier molecular flexibility index (Phi) is 4.45. The SMILES string of the molecule is CCN(CC)c1cc[c]c(-c2ccc(OC)cc2)c1. The Balaban J connectivity index is 2.31. The summed E-state index contributed by atoms with van der Waals surface area (Å²) in [5.74, 6) is 0.878. The van der Waals surface area contributed by atoms with Crippen LogP contribution in [-0.4, -0.2) is 20.2 Å². The molecule has 0 heterocycles. The molecule has 0 saturated heterocycles. The highest BCUT2D eigenvalue weighted by Crippen LogP contribution is 2.25. The summed E-state index contributed by atoms with van der Waals surface area (Å²) < 4.78 is 5.18. The predicted octanol–water partition coefficient (Wildman–Crippen LogP) is 4.01. The fourth-order valence-electron chi connectivity index (χ4n) is 2.18. The van der Waals surface area contributed by atoms with Gasteiger partial charge in [0.05, 0.1) is 7.11 Å². The lowest BCUT2D eigenvalue weighted by Gasteiger charge is -2.21. The van der Waals surface area contributed by atoms with Crippen LogP contribution in [0, 0.1) is 6.07 Å². The second kappa shape index (κ2) is 6.28. The van der Waals surface area contributed by atoms with Gasteiger partial charge in [-0.25, -0.2) is 0 Å². The molecule has 0 aliphatic rings. The van der Waals surface area contributed by atoms with Crippen LogP contribution in [0.5, 0.6) is 5.75 Å². The quantitative estimate of drug-likeness (QED) is 0.799. The molecule has 2 heteroatoms. The first-order valence-electron chi connectivity index (χ1n) is 6.69. The summed E-state index contributed by atoms with van der Waals surface area (Å²) >= 11 is 0. The Morgan fingerprint density at radius 1 is 1.05 bits per heavy atom. The summed E-state index contributed by atoms with van der Waals surface area (Å²) in [7, 11) is 1.68. The normalized spacial score (nSPS) is 10.3. The molecule has 2 rings (SSSR count). The van der Waals surface area contributed by atoms with Crippen LogP contribution in [0.4, 0.5) is 5.69 Å². The minimum Gasteiger partial charge on any atom is -0.497 e. The predicted molar refractivity (Wildman–Crippen MR) is 80.8 cm³/mol. The van der Waals surface area contributed by atoms with Crippen molar-refractivity contribution < 1.29 is 4.74 Å². The van der Waals surface area contributed by atoms with Gasteiger partial charge in [-0.1, -0.05) is 18.2 Å². The van der Waals surface area contributed by atoms with Crippen LogP contribution in [-0.2, 0) is 0 Å². The maximum Gasteiger partial charge on any atom is 0.118 e. The van der Waals surface area contributed by atoms with E-state index in [0.29, 0.717) is 0 Å². The molecule has 2 nitrogen and oxygen atoms in total. The summed E-state index contributed by atoms with van der Waals surface area (Å²) in [5, 5.41) is 0. The molecule has 99 valence electrons. The van der Waals surface area contributed by atoms with Crippen LogP contribution in [0.3, 0.4) is 0 Å². The standard InChI is InChI=1S/C17H20NO/c1-4-18(5-2)16-8-6-7-15(13-16)14-9-11-17(19-3)12-10-14/h6,8-13H,4-5H2,1-3H3. The second-order valence-corrected chi connectivity index (χ2v) is 4.36. The van der Waals surface area contributed by atoms with E-state index in [-0.39, 0.29) is 0 Å². The van der Waals surface area contributed by atoms with Crippen molar-refractivity contribution in [1.82, 2.24) is 0 Å². The Bertz CT molecular complexity index is 515. The van der Waals surface area contributed by atoms with Crippen LogP contribution < -0.4 is 9.64 Å². The summed E-state index contributed by atoms with van der Waals surface area (Å²) in [6, 6.07) is 17.7. The maximum atomic E-state index is 5.18. The summed E-state index contributed by atoms with van der Waals surface area (Å²) in [5.41, 5.74) is 3.52. The number of anilines is 1. The van der Waals surface area contributed by atoms with Crippen molar-refractivity contribution in [2.75, 3.05) is 25.1 Å². The van der Waals surface area contributed by atoms with E-state index < -0.39 is 0 Å². The molecule has 0 aromatic heterocycles. The molecule has 0 fully saturated rings. The number of nitrogens with zero attached hydrogens (tertiary/aromatic N) is 1. The number of hydrogen-bond acceptors (Lipinski definition) is 2. The Morgan fingerprint density at radius 3 is 2.32 bits per heavy atom. The molecule has 19 heavy (non-hydrogen) atoms. The lowest BCUT2D eigenvalue weighted by atomic mass is 10.0. The molecule has 0 aliphatic heterocycles. The van der Waals surface area contributed by atoms with Crippen LogP contribution in [0.1, 0.15) is 13.8 Å². The fourth-order valence-corrected chi connectivity index (χ4v) is 2.18. The Labute approximate surface area is 115 Å². The Hall–Kier alpha value is -1.96. The number of ether oxygens (including phenoxy) is 1. The van der Waals surface area contributed by atoms with E-state index in [9.17, 15) is 0 Å². The van der Waals surface area contributed by atoms with Gasteiger partial charge in [0.2, 0.25) is 0 Å². The van der Waals surface area contributed by atoms with E-state index in [1.165, 1.54) is 5.69 Å². The average Bonchev–Trinajstić information content (AvgIpc) is 2.49. The largest absolute Gasteiger partial charge is 0.497 e. The highest BCUT2D eigenvalue weighted by molar-refractivity contribution is 5.68. The number of rotatable bonds is 5. The maximum absolute atomic E-state index is 5.18. The minimum atomic E-state index is 0.878. The fraction of sp³-hybridized carbons (Fsp3) is 0.294. The zero-order valence-electron chi connectivity index (χ0n) is 11.8. The lowest BCUT2D eigenvalue weighted by Crippen LogP contribution is -2.21. The molecular formula is C17H20NO. The monoisotopic (exact) mass is 254 g/mol. The van der Waals surface area contributed by atoms with Crippen LogP contribution in [0.25, 0.3) is 11.1 Å². The van der Waals surface area contributed by atoms with E-state index in [0.717, 1.165) is 30.0 Å². The smallest absolute Gasteiger partial charge is 0.118 e. The summed E-state index contributed by atoms with van der Waals surface area (Å²) in [4.78, 5) is 2.33. The molecule has 0 spiro atoms. The lowest BCUT2D eigenvalue weighted by molar-refractivity contribution is 0.415. The van der Waals surface area contributed by atoms with E-state index in [1.54, 1.807) is 7.11 Å². The summed E-state index contributed by atoms with van der Waals surface area (Å²) in [6.07, 6.45) is 0. The molecule has 2 aromatic carbocycles. The van der Waals surface area contributed by atoms with Gasteiger partial charge in [-0.05, 0) is 55.3 Å². The first kappa shape index (κ1) is 13.5. The number of hydrogen-bond donors (Lipinski definition) is 0. The van der Waals surface area contributed by atoms with Crippen molar-refractivity contribution in [3.05, 3.63) is 48.5 Å². The number of methoxy groups -OCH3 is 1. The first-order chi connectivity index (χ1) is 9.28. The van der Waals surface area contributed by atoms with Crippen LogP contribution in [0.15, 0.2) is 42.5 Å². The number of benzene rings is 2. The van der Waals surface area contributed by atoms with Crippen molar-refractivity contribution in [3.8, 4) is 16.9 Å². The van der Waals surface area contributed by atoms with Gasteiger partial charge in [-0.3, -0.25) is 0 Å². The minimum absolute atomic E-state index is 0.878. The molecule has 0 atom stereocenters. The van der Waals surface area contributed by atoms with Crippen LogP contribution in [0.2, 0.25) is 0 Å². The van der Waals surface area contributed by atoms with Crippen molar-refractivity contribution in [3.63, 3.8) is 0 Å². The average molecular weight is 254 g/mol. The summed E-state index contributed by atoms with van der Waals surface area (Å²) in [6.45, 7) is 6.38. The first-order valence-corrected chi connectivity index (χ1v) is 6.69. The molecular weight excluding hydrogens is 234 g/mol. The van der Waals surface area contributed by atoms with Gasteiger partial charge in [0, 0.05) is 18.8 Å². The topological polar surface area (TPSA) is 12.5 Å². The second-order valence-electron chi connectivity index (χ2n) is 4.36. The molecule has 1 radical (unpaired) electrons. The molecule has 0 aliphatic carbocycles. The van der Waals surface area contributed by atoms with Crippen molar-refractivity contribution in [2.24, 2.45) is 0 Å². The van der Waals surface area contributed by atoms with Gasteiger partial charge in [-0.15, -0.1) is 0 Å². The third-order valence-corrected chi connectivity index (χ3v) is 3.31. The highest BCUT2D eigenvalue weighted by atomic mass is 16.5. The van der Waals surface area contributed by atoms with Crippen molar-refractivity contribution >= 4 is 5.69 Å². The van der Waals surface area contributed by atoms with E-state index in [4.69, 9.17) is 4.74 Å². The van der Waals surface area contributed by atoms with Gasteiger partial charge in [-0.2, -0.15) is 0 Å². The molecule has 0 unspecified atom stereocenters. The van der Waals surface area contributed by atoms with E-state index in [1.807, 2.05) is 18.2 Å². The van der Waals surface area contributed by atoms with Gasteiger partial charge >= 0.3 is 0 Å². The van der Waals surface area contributed by atoms with Gasteiger partial charge in [0.25, 0.3) is 0 Å². The van der Waals surface area contributed by atoms with Gasteiger partial charge in [0.1, 0.15) is 5.75 Å². The van der Waals surface area contributed by atoms with E-state index in [2.05, 4.69) is 49.1 Å². The third-order valence-electron chi connectivity index (χ3n) is 3.31. The molecule has 0 saturated carbocycles. The molecule has 0 N–H and O–H groups in total. The molecule has 2 aromatic rings. The molecule has 0 amide bonds. The van der Waals surface area contributed by atoms with Gasteiger partial charge in [0.15, 0.2) is 0 Å². The molecule has 0 bridgehead atoms. The Morgan fingerprint density at radius 2 is 1.74 bits per heavy atom. The zero-order valence-corrected chi connectivity index (χ0v) is 11.8. The van der Waals surface area contributed by atoms with Crippen molar-refractivity contribution in [2.45, 2.75) is 13.8 Å². The zero-order chi connectivity index (χ0) is 13.7. The van der Waals surface area contributed by atoms with Gasteiger partial charge < -0.3 is 9.64 Å². The van der Waals surface area contributed by atoms with Crippen LogP contribution >= 0.6 is 0 Å². The highest BCUT2D eigenvalue weighted by Gasteiger charge is 2.04. The third kappa shape index (κ3) is 3.08.